The van der Waals surface area contributed by atoms with Crippen molar-refractivity contribution < 1.29 is 4.79 Å². The van der Waals surface area contributed by atoms with Crippen LogP contribution < -0.4 is 5.32 Å². The lowest BCUT2D eigenvalue weighted by molar-refractivity contribution is -0.122. The standard InChI is InChI=1S/C16H23N3O/c1-10(2)9-14(20)19-15(11(3)4)16-17-12-7-5-6-8-13(12)18-16/h5-8,10-11,15H,9H2,1-4H3,(H,17,18)(H,19,20). The van der Waals surface area contributed by atoms with Crippen molar-refractivity contribution in [3.05, 3.63) is 30.1 Å². The van der Waals surface area contributed by atoms with Gasteiger partial charge in [-0.15, -0.1) is 0 Å². The molecule has 4 heteroatoms. The summed E-state index contributed by atoms with van der Waals surface area (Å²) in [6.07, 6.45) is 0.545. The van der Waals surface area contributed by atoms with Gasteiger partial charge in [0.15, 0.2) is 0 Å². The van der Waals surface area contributed by atoms with Crippen LogP contribution in [-0.2, 0) is 4.79 Å². The second kappa shape index (κ2) is 6.07. The highest BCUT2D eigenvalue weighted by Gasteiger charge is 2.21. The quantitative estimate of drug-likeness (QED) is 0.877. The Morgan fingerprint density at radius 2 is 1.95 bits per heavy atom. The minimum absolute atomic E-state index is 0.0753. The van der Waals surface area contributed by atoms with Gasteiger partial charge in [-0.05, 0) is 24.0 Å². The summed E-state index contributed by atoms with van der Waals surface area (Å²) < 4.78 is 0. The van der Waals surface area contributed by atoms with Crippen LogP contribution in [0.2, 0.25) is 0 Å². The molecule has 1 unspecified atom stereocenters. The zero-order chi connectivity index (χ0) is 14.7. The van der Waals surface area contributed by atoms with Crippen molar-refractivity contribution in [1.82, 2.24) is 15.3 Å². The average molecular weight is 273 g/mol. The second-order valence-corrected chi connectivity index (χ2v) is 6.03. The van der Waals surface area contributed by atoms with Gasteiger partial charge in [-0.2, -0.15) is 0 Å². The monoisotopic (exact) mass is 273 g/mol. The average Bonchev–Trinajstić information content (AvgIpc) is 2.77. The predicted molar refractivity (Wildman–Crippen MR) is 81.3 cm³/mol. The van der Waals surface area contributed by atoms with E-state index in [9.17, 15) is 4.79 Å². The molecule has 0 saturated heterocycles. The van der Waals surface area contributed by atoms with Crippen molar-refractivity contribution >= 4 is 16.9 Å². The number of fused-ring (bicyclic) bond motifs is 1. The van der Waals surface area contributed by atoms with Gasteiger partial charge in [-0.25, -0.2) is 4.98 Å². The first kappa shape index (κ1) is 14.6. The number of hydrogen-bond acceptors (Lipinski definition) is 2. The lowest BCUT2D eigenvalue weighted by atomic mass is 10.0. The van der Waals surface area contributed by atoms with Crippen LogP contribution in [0.3, 0.4) is 0 Å². The van der Waals surface area contributed by atoms with Gasteiger partial charge in [0, 0.05) is 6.42 Å². The number of hydrogen-bond donors (Lipinski definition) is 2. The molecule has 2 aromatic rings. The highest BCUT2D eigenvalue weighted by atomic mass is 16.1. The summed E-state index contributed by atoms with van der Waals surface area (Å²) in [7, 11) is 0. The molecule has 108 valence electrons. The second-order valence-electron chi connectivity index (χ2n) is 6.03. The molecule has 0 fully saturated rings. The molecule has 20 heavy (non-hydrogen) atoms. The molecule has 1 aromatic heterocycles. The van der Waals surface area contributed by atoms with E-state index in [1.54, 1.807) is 0 Å². The van der Waals surface area contributed by atoms with Gasteiger partial charge in [0.25, 0.3) is 0 Å². The van der Waals surface area contributed by atoms with Gasteiger partial charge in [-0.3, -0.25) is 4.79 Å². The molecule has 4 nitrogen and oxygen atoms in total. The van der Waals surface area contributed by atoms with E-state index in [0.29, 0.717) is 12.3 Å². The van der Waals surface area contributed by atoms with Crippen LogP contribution in [0.1, 0.15) is 46.0 Å². The van der Waals surface area contributed by atoms with Gasteiger partial charge in [-0.1, -0.05) is 39.8 Å². The van der Waals surface area contributed by atoms with Gasteiger partial charge in [0.1, 0.15) is 5.82 Å². The Kier molecular flexibility index (Phi) is 4.42. The fraction of sp³-hybridized carbons (Fsp3) is 0.500. The van der Waals surface area contributed by atoms with Crippen molar-refractivity contribution in [3.8, 4) is 0 Å². The first-order valence-corrected chi connectivity index (χ1v) is 7.21. The highest BCUT2D eigenvalue weighted by molar-refractivity contribution is 5.77. The highest BCUT2D eigenvalue weighted by Crippen LogP contribution is 2.22. The summed E-state index contributed by atoms with van der Waals surface area (Å²) in [4.78, 5) is 19.9. The lowest BCUT2D eigenvalue weighted by Crippen LogP contribution is -2.33. The molecule has 1 heterocycles. The van der Waals surface area contributed by atoms with Crippen molar-refractivity contribution in [1.29, 1.82) is 0 Å². The van der Waals surface area contributed by atoms with Crippen LogP contribution in [0.15, 0.2) is 24.3 Å². The number of para-hydroxylation sites is 2. The number of H-pyrrole nitrogens is 1. The van der Waals surface area contributed by atoms with Crippen LogP contribution in [-0.4, -0.2) is 15.9 Å². The fourth-order valence-electron chi connectivity index (χ4n) is 2.27. The normalized spacial score (nSPS) is 13.1. The largest absolute Gasteiger partial charge is 0.346 e. The molecule has 0 aliphatic carbocycles. The summed E-state index contributed by atoms with van der Waals surface area (Å²) in [5, 5.41) is 3.09. The maximum Gasteiger partial charge on any atom is 0.220 e. The zero-order valence-corrected chi connectivity index (χ0v) is 12.6. The number of benzene rings is 1. The summed E-state index contributed by atoms with van der Waals surface area (Å²) in [6.45, 7) is 8.28. The van der Waals surface area contributed by atoms with E-state index in [1.807, 2.05) is 38.1 Å². The van der Waals surface area contributed by atoms with Crippen LogP contribution in [0, 0.1) is 11.8 Å². The Hall–Kier alpha value is -1.84. The molecule has 1 aromatic carbocycles. The summed E-state index contributed by atoms with van der Waals surface area (Å²) in [5.41, 5.74) is 1.94. The van der Waals surface area contributed by atoms with Gasteiger partial charge >= 0.3 is 0 Å². The maximum absolute atomic E-state index is 12.0. The minimum Gasteiger partial charge on any atom is -0.346 e. The third-order valence-electron chi connectivity index (χ3n) is 3.28. The number of aromatic nitrogens is 2. The first-order chi connectivity index (χ1) is 9.47. The molecule has 0 aliphatic rings. The number of aromatic amines is 1. The summed E-state index contributed by atoms with van der Waals surface area (Å²) in [6, 6.07) is 7.84. The third-order valence-corrected chi connectivity index (χ3v) is 3.28. The first-order valence-electron chi connectivity index (χ1n) is 7.21. The van der Waals surface area contributed by atoms with Crippen molar-refractivity contribution in [2.24, 2.45) is 11.8 Å². The molecule has 0 saturated carbocycles. The number of nitrogens with zero attached hydrogens (tertiary/aromatic N) is 1. The molecule has 0 bridgehead atoms. The SMILES string of the molecule is CC(C)CC(=O)NC(c1nc2ccccc2[nH]1)C(C)C. The number of carbonyl (C=O) groups is 1. The predicted octanol–water partition coefficient (Wildman–Crippen LogP) is 3.42. The molecule has 0 spiro atoms. The number of nitrogens with one attached hydrogen (secondary N) is 2. The number of amides is 1. The molecular weight excluding hydrogens is 250 g/mol. The Bertz CT molecular complexity index is 553. The fourth-order valence-corrected chi connectivity index (χ4v) is 2.27. The van der Waals surface area contributed by atoms with Crippen LogP contribution in [0.25, 0.3) is 11.0 Å². The smallest absolute Gasteiger partial charge is 0.220 e. The zero-order valence-electron chi connectivity index (χ0n) is 12.6. The van der Waals surface area contributed by atoms with Crippen molar-refractivity contribution in [2.45, 2.75) is 40.2 Å². The summed E-state index contributed by atoms with van der Waals surface area (Å²) in [5.74, 6) is 1.56. The van der Waals surface area contributed by atoms with Crippen LogP contribution in [0.4, 0.5) is 0 Å². The Morgan fingerprint density at radius 1 is 1.25 bits per heavy atom. The van der Waals surface area contributed by atoms with Gasteiger partial charge < -0.3 is 10.3 Å². The van der Waals surface area contributed by atoms with E-state index in [0.717, 1.165) is 16.9 Å². The lowest BCUT2D eigenvalue weighted by Gasteiger charge is -2.20. The van der Waals surface area contributed by atoms with E-state index < -0.39 is 0 Å². The maximum atomic E-state index is 12.0. The van der Waals surface area contributed by atoms with Crippen molar-refractivity contribution in [2.75, 3.05) is 0 Å². The Morgan fingerprint density at radius 3 is 2.55 bits per heavy atom. The minimum atomic E-state index is -0.0753. The molecule has 0 aliphatic heterocycles. The molecule has 0 radical (unpaired) electrons. The van der Waals surface area contributed by atoms with Crippen molar-refractivity contribution in [3.63, 3.8) is 0 Å². The topological polar surface area (TPSA) is 57.8 Å². The Balaban J connectivity index is 2.21. The Labute approximate surface area is 120 Å². The summed E-state index contributed by atoms with van der Waals surface area (Å²) >= 11 is 0. The van der Waals surface area contributed by atoms with E-state index in [4.69, 9.17) is 0 Å². The number of imidazole rings is 1. The van der Waals surface area contributed by atoms with E-state index >= 15 is 0 Å². The molecule has 1 atom stereocenters. The molecule has 2 rings (SSSR count). The molecule has 2 N–H and O–H groups in total. The van der Waals surface area contributed by atoms with Gasteiger partial charge in [0.05, 0.1) is 17.1 Å². The van der Waals surface area contributed by atoms with E-state index in [-0.39, 0.29) is 17.9 Å². The number of rotatable bonds is 5. The molecule has 1 amide bonds. The van der Waals surface area contributed by atoms with E-state index in [2.05, 4.69) is 29.1 Å². The number of carbonyl (C=O) groups excluding carboxylic acids is 1. The van der Waals surface area contributed by atoms with Crippen LogP contribution in [0.5, 0.6) is 0 Å². The van der Waals surface area contributed by atoms with Gasteiger partial charge in [0.2, 0.25) is 5.91 Å². The van der Waals surface area contributed by atoms with E-state index in [1.165, 1.54) is 0 Å². The van der Waals surface area contributed by atoms with Crippen LogP contribution >= 0.6 is 0 Å². The molecular formula is C16H23N3O. The third kappa shape index (κ3) is 3.38.